The van der Waals surface area contributed by atoms with Crippen LogP contribution in [-0.4, -0.2) is 34.8 Å². The zero-order valence-electron chi connectivity index (χ0n) is 14.3. The van der Waals surface area contributed by atoms with Crippen molar-refractivity contribution in [3.63, 3.8) is 0 Å². The second-order valence-corrected chi connectivity index (χ2v) is 7.35. The monoisotopic (exact) mass is 345 g/mol. The van der Waals surface area contributed by atoms with Crippen LogP contribution in [0, 0.1) is 19.3 Å². The van der Waals surface area contributed by atoms with E-state index in [0.717, 1.165) is 54.6 Å². The summed E-state index contributed by atoms with van der Waals surface area (Å²) in [5.41, 5.74) is 2.10. The summed E-state index contributed by atoms with van der Waals surface area (Å²) >= 11 is 6.12. The Morgan fingerprint density at radius 3 is 2.92 bits per heavy atom. The van der Waals surface area contributed by atoms with Crippen LogP contribution in [0.1, 0.15) is 29.8 Å². The predicted octanol–water partition coefficient (Wildman–Crippen LogP) is 3.57. The minimum absolute atomic E-state index is 0.159. The molecule has 4 nitrogen and oxygen atoms in total. The van der Waals surface area contributed by atoms with Crippen molar-refractivity contribution in [3.05, 3.63) is 52.4 Å². The Hall–Kier alpha value is -1.65. The molecule has 0 spiro atoms. The first-order valence-electron chi connectivity index (χ1n) is 8.42. The van der Waals surface area contributed by atoms with Crippen molar-refractivity contribution in [1.82, 2.24) is 9.97 Å². The van der Waals surface area contributed by atoms with E-state index in [2.05, 4.69) is 20.9 Å². The third kappa shape index (κ3) is 3.70. The Balaban J connectivity index is 1.85. The normalized spacial score (nSPS) is 21.1. The van der Waals surface area contributed by atoms with Crippen LogP contribution in [0.25, 0.3) is 0 Å². The van der Waals surface area contributed by atoms with E-state index < -0.39 is 0 Å². The fraction of sp³-hybridized carbons (Fsp3) is 0.474. The highest BCUT2D eigenvalue weighted by atomic mass is 35.5. The molecule has 0 aliphatic carbocycles. The number of aliphatic hydroxyl groups is 1. The fourth-order valence-corrected chi connectivity index (χ4v) is 3.85. The number of aliphatic hydroxyl groups excluding tert-OH is 1. The first-order valence-corrected chi connectivity index (χ1v) is 8.80. The molecule has 0 radical (unpaired) electrons. The van der Waals surface area contributed by atoms with E-state index in [9.17, 15) is 5.11 Å². The molecule has 1 aliphatic rings. The lowest BCUT2D eigenvalue weighted by Gasteiger charge is -2.43. The Morgan fingerprint density at radius 2 is 2.17 bits per heavy atom. The van der Waals surface area contributed by atoms with Crippen molar-refractivity contribution in [1.29, 1.82) is 0 Å². The van der Waals surface area contributed by atoms with Gasteiger partial charge in [-0.2, -0.15) is 0 Å². The highest BCUT2D eigenvalue weighted by molar-refractivity contribution is 6.30. The van der Waals surface area contributed by atoms with E-state index in [1.165, 1.54) is 5.56 Å². The van der Waals surface area contributed by atoms with Gasteiger partial charge >= 0.3 is 0 Å². The van der Waals surface area contributed by atoms with Crippen molar-refractivity contribution in [2.45, 2.75) is 33.1 Å². The van der Waals surface area contributed by atoms with Crippen molar-refractivity contribution >= 4 is 17.4 Å². The lowest BCUT2D eigenvalue weighted by molar-refractivity contribution is 0.105. The first-order chi connectivity index (χ1) is 11.5. The van der Waals surface area contributed by atoms with Gasteiger partial charge in [-0.05, 0) is 50.8 Å². The van der Waals surface area contributed by atoms with Crippen molar-refractivity contribution in [3.8, 4) is 0 Å². The molecule has 1 unspecified atom stereocenters. The molecule has 1 aromatic heterocycles. The van der Waals surface area contributed by atoms with E-state index in [4.69, 9.17) is 11.6 Å². The van der Waals surface area contributed by atoms with Gasteiger partial charge in [0.2, 0.25) is 0 Å². The van der Waals surface area contributed by atoms with Gasteiger partial charge in [0.1, 0.15) is 11.6 Å². The van der Waals surface area contributed by atoms with Crippen molar-refractivity contribution < 1.29 is 5.11 Å². The van der Waals surface area contributed by atoms with Crippen LogP contribution in [-0.2, 0) is 6.42 Å². The van der Waals surface area contributed by atoms with E-state index in [1.54, 1.807) is 0 Å². The summed E-state index contributed by atoms with van der Waals surface area (Å²) in [5.74, 6) is 1.77. The van der Waals surface area contributed by atoms with Crippen LogP contribution in [0.3, 0.4) is 0 Å². The highest BCUT2D eigenvalue weighted by Gasteiger charge is 2.36. The summed E-state index contributed by atoms with van der Waals surface area (Å²) in [5, 5.41) is 10.9. The lowest BCUT2D eigenvalue weighted by Crippen LogP contribution is -2.47. The maximum atomic E-state index is 10.2. The maximum absolute atomic E-state index is 10.2. The number of hydrogen-bond donors (Lipinski definition) is 1. The molecule has 1 atom stereocenters. The molecular formula is C19H24ClN3O. The van der Waals surface area contributed by atoms with Gasteiger partial charge in [0, 0.05) is 35.3 Å². The number of rotatable bonds is 4. The third-order valence-corrected chi connectivity index (χ3v) is 5.07. The molecule has 1 saturated heterocycles. The van der Waals surface area contributed by atoms with E-state index in [0.29, 0.717) is 0 Å². The van der Waals surface area contributed by atoms with Crippen LogP contribution in [0.15, 0.2) is 30.5 Å². The second kappa shape index (κ2) is 7.08. The SMILES string of the molecule is Cc1ncc(C)c(N2CCCC(CO)(Cc3cccc(Cl)c3)C2)n1. The van der Waals surface area contributed by atoms with Crippen LogP contribution >= 0.6 is 11.6 Å². The van der Waals surface area contributed by atoms with E-state index >= 15 is 0 Å². The topological polar surface area (TPSA) is 49.2 Å². The summed E-state index contributed by atoms with van der Waals surface area (Å²) in [7, 11) is 0. The zero-order valence-corrected chi connectivity index (χ0v) is 15.1. The summed E-state index contributed by atoms with van der Waals surface area (Å²) < 4.78 is 0. The summed E-state index contributed by atoms with van der Waals surface area (Å²) in [6.07, 6.45) is 4.76. The summed E-state index contributed by atoms with van der Waals surface area (Å²) in [6.45, 7) is 5.89. The Kier molecular flexibility index (Phi) is 5.07. The van der Waals surface area contributed by atoms with Gasteiger partial charge in [-0.3, -0.25) is 0 Å². The second-order valence-electron chi connectivity index (χ2n) is 6.91. The fourth-order valence-electron chi connectivity index (χ4n) is 3.64. The maximum Gasteiger partial charge on any atom is 0.135 e. The summed E-state index contributed by atoms with van der Waals surface area (Å²) in [6, 6.07) is 7.94. The van der Waals surface area contributed by atoms with E-state index in [-0.39, 0.29) is 12.0 Å². The van der Waals surface area contributed by atoms with Crippen LogP contribution < -0.4 is 4.90 Å². The minimum atomic E-state index is -0.159. The molecule has 1 aromatic carbocycles. The number of halogens is 1. The minimum Gasteiger partial charge on any atom is -0.396 e. The van der Waals surface area contributed by atoms with Gasteiger partial charge in [-0.15, -0.1) is 0 Å². The van der Waals surface area contributed by atoms with Gasteiger partial charge in [0.15, 0.2) is 0 Å². The molecule has 24 heavy (non-hydrogen) atoms. The van der Waals surface area contributed by atoms with Gasteiger partial charge in [-0.25, -0.2) is 9.97 Å². The van der Waals surface area contributed by atoms with Crippen molar-refractivity contribution in [2.24, 2.45) is 5.41 Å². The Morgan fingerprint density at radius 1 is 1.33 bits per heavy atom. The molecule has 2 aromatic rings. The molecule has 0 saturated carbocycles. The number of aromatic nitrogens is 2. The molecule has 1 N–H and O–H groups in total. The Bertz CT molecular complexity index is 722. The average molecular weight is 346 g/mol. The van der Waals surface area contributed by atoms with Crippen LogP contribution in [0.4, 0.5) is 5.82 Å². The number of benzene rings is 1. The van der Waals surface area contributed by atoms with Gasteiger partial charge in [-0.1, -0.05) is 23.7 Å². The molecule has 1 fully saturated rings. The third-order valence-electron chi connectivity index (χ3n) is 4.83. The smallest absolute Gasteiger partial charge is 0.135 e. The average Bonchev–Trinajstić information content (AvgIpc) is 2.57. The molecular weight excluding hydrogens is 322 g/mol. The number of piperidine rings is 1. The number of hydrogen-bond acceptors (Lipinski definition) is 4. The lowest BCUT2D eigenvalue weighted by atomic mass is 9.75. The summed E-state index contributed by atoms with van der Waals surface area (Å²) in [4.78, 5) is 11.2. The van der Waals surface area contributed by atoms with E-state index in [1.807, 2.05) is 38.2 Å². The number of aryl methyl sites for hydroxylation is 2. The van der Waals surface area contributed by atoms with Gasteiger partial charge in [0.05, 0.1) is 6.61 Å². The number of anilines is 1. The molecule has 0 bridgehead atoms. The zero-order chi connectivity index (χ0) is 17.2. The Labute approximate surface area is 148 Å². The molecule has 128 valence electrons. The largest absolute Gasteiger partial charge is 0.396 e. The van der Waals surface area contributed by atoms with Crippen LogP contribution in [0.5, 0.6) is 0 Å². The highest BCUT2D eigenvalue weighted by Crippen LogP contribution is 2.36. The molecule has 2 heterocycles. The standard InChI is InChI=1S/C19H24ClN3O/c1-14-11-21-15(2)22-18(14)23-8-4-7-19(12-23,13-24)10-16-5-3-6-17(20)9-16/h3,5-6,9,11,24H,4,7-8,10,12-13H2,1-2H3. The van der Waals surface area contributed by atoms with Crippen molar-refractivity contribution in [2.75, 3.05) is 24.6 Å². The molecule has 0 amide bonds. The van der Waals surface area contributed by atoms with Crippen LogP contribution in [0.2, 0.25) is 5.02 Å². The van der Waals surface area contributed by atoms with Gasteiger partial charge in [0.25, 0.3) is 0 Å². The van der Waals surface area contributed by atoms with Gasteiger partial charge < -0.3 is 10.0 Å². The quantitative estimate of drug-likeness (QED) is 0.920. The molecule has 1 aliphatic heterocycles. The predicted molar refractivity (Wildman–Crippen MR) is 97.6 cm³/mol. The molecule has 5 heteroatoms. The number of nitrogens with zero attached hydrogens (tertiary/aromatic N) is 3. The first kappa shape index (κ1) is 17.2. The molecule has 3 rings (SSSR count).